The van der Waals surface area contributed by atoms with Gasteiger partial charge in [-0.3, -0.25) is 4.79 Å². The maximum Gasteiger partial charge on any atom is 0.271 e. The Kier molecular flexibility index (Phi) is 6.41. The fraction of sp³-hybridized carbons (Fsp3) is 0.263. The van der Waals surface area contributed by atoms with Gasteiger partial charge in [-0.15, -0.1) is 0 Å². The number of halogens is 2. The van der Waals surface area contributed by atoms with Crippen LogP contribution in [0.15, 0.2) is 47.6 Å². The number of benzene rings is 2. The molecule has 0 aliphatic carbocycles. The van der Waals surface area contributed by atoms with Crippen LogP contribution in [0.25, 0.3) is 0 Å². The number of rotatable bonds is 5. The van der Waals surface area contributed by atoms with Crippen molar-refractivity contribution >= 4 is 34.8 Å². The van der Waals surface area contributed by atoms with Crippen molar-refractivity contribution in [1.29, 1.82) is 0 Å². The molecule has 24 heavy (non-hydrogen) atoms. The van der Waals surface area contributed by atoms with E-state index in [-0.39, 0.29) is 5.91 Å². The number of hydrogen-bond acceptors (Lipinski definition) is 2. The standard InChI is InChI=1S/C19H20Cl2N2O/c1-4-18(16-10-9-15(20)11-17(16)21)22-23-19(24)14-7-5-13(6-8-14)12(2)3/h5-12H,4H2,1-3H3,(H,23,24). The zero-order chi connectivity index (χ0) is 17.7. The molecule has 0 atom stereocenters. The molecule has 0 spiro atoms. The van der Waals surface area contributed by atoms with Gasteiger partial charge in [-0.1, -0.05) is 62.2 Å². The first-order chi connectivity index (χ1) is 11.4. The number of nitrogens with zero attached hydrogens (tertiary/aromatic N) is 1. The van der Waals surface area contributed by atoms with Crippen molar-refractivity contribution in [2.45, 2.75) is 33.1 Å². The highest BCUT2D eigenvalue weighted by Crippen LogP contribution is 2.22. The van der Waals surface area contributed by atoms with Gasteiger partial charge in [-0.05, 0) is 42.2 Å². The minimum atomic E-state index is -0.249. The molecule has 2 rings (SSSR count). The van der Waals surface area contributed by atoms with Gasteiger partial charge in [-0.2, -0.15) is 5.10 Å². The normalized spacial score (nSPS) is 11.7. The molecular formula is C19H20Cl2N2O. The van der Waals surface area contributed by atoms with Gasteiger partial charge >= 0.3 is 0 Å². The van der Waals surface area contributed by atoms with Crippen LogP contribution in [0.1, 0.15) is 54.6 Å². The molecule has 0 bridgehead atoms. The Labute approximate surface area is 152 Å². The Morgan fingerprint density at radius 2 is 1.79 bits per heavy atom. The Morgan fingerprint density at radius 3 is 2.33 bits per heavy atom. The third kappa shape index (κ3) is 4.59. The van der Waals surface area contributed by atoms with E-state index in [1.807, 2.05) is 19.1 Å². The van der Waals surface area contributed by atoms with Gasteiger partial charge in [0.1, 0.15) is 0 Å². The van der Waals surface area contributed by atoms with Gasteiger partial charge in [0.15, 0.2) is 0 Å². The lowest BCUT2D eigenvalue weighted by Gasteiger charge is -2.09. The fourth-order valence-corrected chi connectivity index (χ4v) is 2.77. The Bertz CT molecular complexity index is 752. The van der Waals surface area contributed by atoms with Crippen molar-refractivity contribution in [1.82, 2.24) is 5.43 Å². The lowest BCUT2D eigenvalue weighted by molar-refractivity contribution is 0.0955. The number of nitrogens with one attached hydrogen (secondary N) is 1. The largest absolute Gasteiger partial charge is 0.271 e. The van der Waals surface area contributed by atoms with Crippen molar-refractivity contribution in [3.05, 3.63) is 69.2 Å². The summed E-state index contributed by atoms with van der Waals surface area (Å²) >= 11 is 12.1. The Morgan fingerprint density at radius 1 is 1.12 bits per heavy atom. The van der Waals surface area contributed by atoms with Crippen LogP contribution in [0, 0.1) is 0 Å². The molecule has 0 saturated heterocycles. The molecule has 0 heterocycles. The highest BCUT2D eigenvalue weighted by molar-refractivity contribution is 6.37. The molecule has 0 unspecified atom stereocenters. The summed E-state index contributed by atoms with van der Waals surface area (Å²) in [5.74, 6) is 0.181. The van der Waals surface area contributed by atoms with Crippen LogP contribution in [0.5, 0.6) is 0 Å². The topological polar surface area (TPSA) is 41.5 Å². The number of carbonyl (C=O) groups excluding carboxylic acids is 1. The van der Waals surface area contributed by atoms with Crippen molar-refractivity contribution in [2.24, 2.45) is 5.10 Å². The van der Waals surface area contributed by atoms with Crippen molar-refractivity contribution in [3.63, 3.8) is 0 Å². The molecule has 2 aromatic carbocycles. The van der Waals surface area contributed by atoms with Crippen molar-refractivity contribution in [2.75, 3.05) is 0 Å². The second-order valence-corrected chi connectivity index (χ2v) is 6.60. The first-order valence-corrected chi connectivity index (χ1v) is 8.60. The minimum absolute atomic E-state index is 0.249. The molecule has 1 N–H and O–H groups in total. The zero-order valence-electron chi connectivity index (χ0n) is 13.9. The van der Waals surface area contributed by atoms with E-state index >= 15 is 0 Å². The first kappa shape index (κ1) is 18.5. The smallest absolute Gasteiger partial charge is 0.267 e. The number of amides is 1. The molecule has 5 heteroatoms. The molecule has 0 fully saturated rings. The summed E-state index contributed by atoms with van der Waals surface area (Å²) in [6, 6.07) is 12.7. The molecule has 0 aliphatic rings. The van der Waals surface area contributed by atoms with E-state index in [4.69, 9.17) is 23.2 Å². The molecule has 2 aromatic rings. The van der Waals surface area contributed by atoms with Crippen LogP contribution in [0.3, 0.4) is 0 Å². The van der Waals surface area contributed by atoms with Crippen molar-refractivity contribution in [3.8, 4) is 0 Å². The monoisotopic (exact) mass is 362 g/mol. The highest BCUT2D eigenvalue weighted by atomic mass is 35.5. The van der Waals surface area contributed by atoms with E-state index in [9.17, 15) is 4.79 Å². The lowest BCUT2D eigenvalue weighted by atomic mass is 10.0. The van der Waals surface area contributed by atoms with Gasteiger partial charge in [0.25, 0.3) is 5.91 Å². The van der Waals surface area contributed by atoms with E-state index in [0.29, 0.717) is 33.7 Å². The lowest BCUT2D eigenvalue weighted by Crippen LogP contribution is -2.20. The third-order valence-corrected chi connectivity index (χ3v) is 4.26. The molecule has 0 radical (unpaired) electrons. The van der Waals surface area contributed by atoms with Crippen LogP contribution in [0.2, 0.25) is 10.0 Å². The molecule has 1 amide bonds. The van der Waals surface area contributed by atoms with E-state index in [2.05, 4.69) is 24.4 Å². The maximum atomic E-state index is 12.2. The predicted octanol–water partition coefficient (Wildman–Crippen LogP) is 5.66. The first-order valence-electron chi connectivity index (χ1n) is 7.84. The predicted molar refractivity (Wildman–Crippen MR) is 101 cm³/mol. The molecule has 3 nitrogen and oxygen atoms in total. The summed E-state index contributed by atoms with van der Waals surface area (Å²) in [7, 11) is 0. The van der Waals surface area contributed by atoms with Crippen LogP contribution in [0.4, 0.5) is 0 Å². The maximum absolute atomic E-state index is 12.2. The second kappa shape index (κ2) is 8.32. The Balaban J connectivity index is 2.16. The van der Waals surface area contributed by atoms with E-state index in [1.165, 1.54) is 5.56 Å². The Hall–Kier alpha value is -1.84. The summed E-state index contributed by atoms with van der Waals surface area (Å²) < 4.78 is 0. The number of hydrogen-bond donors (Lipinski definition) is 1. The van der Waals surface area contributed by atoms with Crippen LogP contribution in [-0.4, -0.2) is 11.6 Å². The number of carbonyl (C=O) groups is 1. The molecular weight excluding hydrogens is 343 g/mol. The minimum Gasteiger partial charge on any atom is -0.267 e. The molecule has 0 aromatic heterocycles. The highest BCUT2D eigenvalue weighted by Gasteiger charge is 2.10. The van der Waals surface area contributed by atoms with Crippen LogP contribution in [-0.2, 0) is 0 Å². The molecule has 126 valence electrons. The van der Waals surface area contributed by atoms with Gasteiger partial charge in [0.05, 0.1) is 10.7 Å². The summed E-state index contributed by atoms with van der Waals surface area (Å²) in [5, 5.41) is 5.30. The van der Waals surface area contributed by atoms with Gasteiger partial charge < -0.3 is 0 Å². The van der Waals surface area contributed by atoms with E-state index < -0.39 is 0 Å². The summed E-state index contributed by atoms with van der Waals surface area (Å²) in [5.41, 5.74) is 5.82. The SMILES string of the molecule is CCC(=NNC(=O)c1ccc(C(C)C)cc1)c1ccc(Cl)cc1Cl. The van der Waals surface area contributed by atoms with Crippen LogP contribution >= 0.6 is 23.2 Å². The van der Waals surface area contributed by atoms with Gasteiger partial charge in [-0.25, -0.2) is 5.43 Å². The van der Waals surface area contributed by atoms with E-state index in [0.717, 1.165) is 5.56 Å². The number of hydrazone groups is 1. The molecule has 0 saturated carbocycles. The second-order valence-electron chi connectivity index (χ2n) is 5.75. The van der Waals surface area contributed by atoms with E-state index in [1.54, 1.807) is 30.3 Å². The molecule has 0 aliphatic heterocycles. The average molecular weight is 363 g/mol. The van der Waals surface area contributed by atoms with Crippen LogP contribution < -0.4 is 5.43 Å². The fourth-order valence-electron chi connectivity index (χ4n) is 2.26. The van der Waals surface area contributed by atoms with Gasteiger partial charge in [0.2, 0.25) is 0 Å². The third-order valence-electron chi connectivity index (χ3n) is 3.71. The summed E-state index contributed by atoms with van der Waals surface area (Å²) in [6.07, 6.45) is 0.633. The summed E-state index contributed by atoms with van der Waals surface area (Å²) in [4.78, 5) is 12.2. The average Bonchev–Trinajstić information content (AvgIpc) is 2.56. The quantitative estimate of drug-likeness (QED) is 0.540. The van der Waals surface area contributed by atoms with Gasteiger partial charge in [0, 0.05) is 16.1 Å². The van der Waals surface area contributed by atoms with Crippen molar-refractivity contribution < 1.29 is 4.79 Å². The zero-order valence-corrected chi connectivity index (χ0v) is 15.4. The summed E-state index contributed by atoms with van der Waals surface area (Å²) in [6.45, 7) is 6.18.